The van der Waals surface area contributed by atoms with Gasteiger partial charge in [0.15, 0.2) is 21.5 Å². The lowest BCUT2D eigenvalue weighted by Crippen LogP contribution is -2.04. The summed E-state index contributed by atoms with van der Waals surface area (Å²) in [5.41, 5.74) is 0.845. The number of anilines is 1. The standard InChI is InChI=1S/C13H13FN2O2S/c1-19(17,18)11-6-4-10(5-7-11)9-16-13-12(14)3-2-8-15-13/h2-8H,9H2,1H3,(H,15,16). The van der Waals surface area contributed by atoms with Crippen molar-refractivity contribution >= 4 is 15.7 Å². The molecule has 1 aromatic heterocycles. The molecule has 2 aromatic rings. The maximum atomic E-state index is 13.3. The molecule has 0 aliphatic carbocycles. The highest BCUT2D eigenvalue weighted by molar-refractivity contribution is 7.90. The van der Waals surface area contributed by atoms with E-state index < -0.39 is 15.7 Å². The molecule has 1 aromatic carbocycles. The Balaban J connectivity index is 2.07. The van der Waals surface area contributed by atoms with Crippen LogP contribution >= 0.6 is 0 Å². The zero-order chi connectivity index (χ0) is 13.9. The van der Waals surface area contributed by atoms with E-state index in [0.29, 0.717) is 6.54 Å². The lowest BCUT2D eigenvalue weighted by molar-refractivity contribution is 0.602. The number of benzene rings is 1. The van der Waals surface area contributed by atoms with Crippen LogP contribution in [0.5, 0.6) is 0 Å². The summed E-state index contributed by atoms with van der Waals surface area (Å²) >= 11 is 0. The molecule has 0 atom stereocenters. The van der Waals surface area contributed by atoms with Gasteiger partial charge in [-0.3, -0.25) is 0 Å². The maximum Gasteiger partial charge on any atom is 0.175 e. The molecule has 6 heteroatoms. The molecular formula is C13H13FN2O2S. The van der Waals surface area contributed by atoms with Gasteiger partial charge < -0.3 is 5.32 Å². The van der Waals surface area contributed by atoms with Crippen molar-refractivity contribution in [2.24, 2.45) is 0 Å². The van der Waals surface area contributed by atoms with Crippen molar-refractivity contribution < 1.29 is 12.8 Å². The highest BCUT2D eigenvalue weighted by Gasteiger charge is 2.06. The second kappa shape index (κ2) is 5.36. The Morgan fingerprint density at radius 2 is 1.89 bits per heavy atom. The van der Waals surface area contributed by atoms with E-state index in [-0.39, 0.29) is 10.7 Å². The number of hydrogen-bond donors (Lipinski definition) is 1. The molecule has 0 saturated heterocycles. The molecule has 0 amide bonds. The van der Waals surface area contributed by atoms with Crippen molar-refractivity contribution in [1.29, 1.82) is 0 Å². The van der Waals surface area contributed by atoms with Gasteiger partial charge in [0, 0.05) is 19.0 Å². The Morgan fingerprint density at radius 1 is 1.21 bits per heavy atom. The highest BCUT2D eigenvalue weighted by Crippen LogP contribution is 2.13. The minimum absolute atomic E-state index is 0.176. The molecule has 0 unspecified atom stereocenters. The van der Waals surface area contributed by atoms with E-state index in [0.717, 1.165) is 11.8 Å². The van der Waals surface area contributed by atoms with Crippen molar-refractivity contribution in [3.05, 3.63) is 54.0 Å². The second-order valence-corrected chi connectivity index (χ2v) is 6.12. The van der Waals surface area contributed by atoms with Crippen LogP contribution < -0.4 is 5.32 Å². The molecule has 0 radical (unpaired) electrons. The first-order valence-corrected chi connectivity index (χ1v) is 7.49. The SMILES string of the molecule is CS(=O)(=O)c1ccc(CNc2ncccc2F)cc1. The number of aromatic nitrogens is 1. The summed E-state index contributed by atoms with van der Waals surface area (Å²) < 4.78 is 35.9. The first kappa shape index (κ1) is 13.5. The average molecular weight is 280 g/mol. The van der Waals surface area contributed by atoms with E-state index in [9.17, 15) is 12.8 Å². The van der Waals surface area contributed by atoms with Crippen LogP contribution in [0.15, 0.2) is 47.5 Å². The summed E-state index contributed by atoms with van der Waals surface area (Å²) in [5.74, 6) is -0.245. The van der Waals surface area contributed by atoms with Crippen molar-refractivity contribution in [3.8, 4) is 0 Å². The Bertz CT molecular complexity index is 669. The molecule has 0 saturated carbocycles. The number of pyridine rings is 1. The molecule has 0 spiro atoms. The van der Waals surface area contributed by atoms with E-state index in [1.807, 2.05) is 0 Å². The molecule has 0 bridgehead atoms. The van der Waals surface area contributed by atoms with E-state index in [1.165, 1.54) is 30.5 Å². The highest BCUT2D eigenvalue weighted by atomic mass is 32.2. The number of sulfone groups is 1. The van der Waals surface area contributed by atoms with E-state index in [4.69, 9.17) is 0 Å². The van der Waals surface area contributed by atoms with E-state index >= 15 is 0 Å². The molecule has 0 aliphatic rings. The van der Waals surface area contributed by atoms with Gasteiger partial charge in [-0.05, 0) is 29.8 Å². The third-order valence-corrected chi connectivity index (χ3v) is 3.70. The molecule has 4 nitrogen and oxygen atoms in total. The molecule has 19 heavy (non-hydrogen) atoms. The fraction of sp³-hybridized carbons (Fsp3) is 0.154. The number of nitrogens with one attached hydrogen (secondary N) is 1. The number of rotatable bonds is 4. The summed E-state index contributed by atoms with van der Waals surface area (Å²) in [5, 5.41) is 2.85. The molecule has 1 N–H and O–H groups in total. The van der Waals surface area contributed by atoms with Crippen LogP contribution in [0.4, 0.5) is 10.2 Å². The third-order valence-electron chi connectivity index (χ3n) is 2.57. The molecule has 1 heterocycles. The minimum atomic E-state index is -3.19. The van der Waals surface area contributed by atoms with Gasteiger partial charge in [-0.15, -0.1) is 0 Å². The Morgan fingerprint density at radius 3 is 2.47 bits per heavy atom. The Kier molecular flexibility index (Phi) is 3.80. The van der Waals surface area contributed by atoms with Crippen LogP contribution in [0.1, 0.15) is 5.56 Å². The maximum absolute atomic E-state index is 13.3. The van der Waals surface area contributed by atoms with Gasteiger partial charge in [-0.2, -0.15) is 0 Å². The molecule has 0 aliphatic heterocycles. The van der Waals surface area contributed by atoms with Crippen molar-refractivity contribution in [2.75, 3.05) is 11.6 Å². The lowest BCUT2D eigenvalue weighted by Gasteiger charge is -2.07. The van der Waals surface area contributed by atoms with Crippen molar-refractivity contribution in [1.82, 2.24) is 4.98 Å². The van der Waals surface area contributed by atoms with Gasteiger partial charge in [0.05, 0.1) is 4.90 Å². The summed E-state index contributed by atoms with van der Waals surface area (Å²) in [4.78, 5) is 4.13. The van der Waals surface area contributed by atoms with Gasteiger partial charge in [0.2, 0.25) is 0 Å². The van der Waals surface area contributed by atoms with Crippen LogP contribution in [0.25, 0.3) is 0 Å². The topological polar surface area (TPSA) is 59.1 Å². The molecule has 2 rings (SSSR count). The van der Waals surface area contributed by atoms with Crippen LogP contribution in [0.3, 0.4) is 0 Å². The normalized spacial score (nSPS) is 11.3. The van der Waals surface area contributed by atoms with Gasteiger partial charge >= 0.3 is 0 Å². The lowest BCUT2D eigenvalue weighted by atomic mass is 10.2. The van der Waals surface area contributed by atoms with Gasteiger partial charge in [0.25, 0.3) is 0 Å². The zero-order valence-corrected chi connectivity index (χ0v) is 11.1. The quantitative estimate of drug-likeness (QED) is 0.933. The summed E-state index contributed by atoms with van der Waals surface area (Å²) in [6, 6.07) is 9.26. The van der Waals surface area contributed by atoms with Crippen LogP contribution in [-0.2, 0) is 16.4 Å². The van der Waals surface area contributed by atoms with E-state index in [2.05, 4.69) is 10.3 Å². The smallest absolute Gasteiger partial charge is 0.175 e. The number of halogens is 1. The van der Waals surface area contributed by atoms with Crippen LogP contribution in [-0.4, -0.2) is 19.7 Å². The van der Waals surface area contributed by atoms with Gasteiger partial charge in [0.1, 0.15) is 0 Å². The first-order valence-electron chi connectivity index (χ1n) is 5.60. The third kappa shape index (κ3) is 3.51. The Labute approximate surface area is 111 Å². The van der Waals surface area contributed by atoms with Crippen LogP contribution in [0, 0.1) is 5.82 Å². The van der Waals surface area contributed by atoms with Crippen LogP contribution in [0.2, 0.25) is 0 Å². The summed E-state index contributed by atoms with van der Waals surface area (Å²) in [7, 11) is -3.19. The van der Waals surface area contributed by atoms with Crippen molar-refractivity contribution in [3.63, 3.8) is 0 Å². The molecular weight excluding hydrogens is 267 g/mol. The average Bonchev–Trinajstić information content (AvgIpc) is 2.37. The number of nitrogens with zero attached hydrogens (tertiary/aromatic N) is 1. The fourth-order valence-corrected chi connectivity index (χ4v) is 2.19. The zero-order valence-electron chi connectivity index (χ0n) is 10.3. The minimum Gasteiger partial charge on any atom is -0.364 e. The fourth-order valence-electron chi connectivity index (χ4n) is 1.56. The molecule has 100 valence electrons. The molecule has 0 fully saturated rings. The summed E-state index contributed by atoms with van der Waals surface area (Å²) in [6.07, 6.45) is 2.65. The monoisotopic (exact) mass is 280 g/mol. The van der Waals surface area contributed by atoms with Gasteiger partial charge in [-0.1, -0.05) is 12.1 Å². The number of hydrogen-bond acceptors (Lipinski definition) is 4. The summed E-state index contributed by atoms with van der Waals surface area (Å²) in [6.45, 7) is 0.373. The van der Waals surface area contributed by atoms with E-state index in [1.54, 1.807) is 12.1 Å². The second-order valence-electron chi connectivity index (χ2n) is 4.10. The Hall–Kier alpha value is -1.95. The predicted octanol–water partition coefficient (Wildman–Crippen LogP) is 2.24. The first-order chi connectivity index (χ1) is 8.97. The van der Waals surface area contributed by atoms with Crippen molar-refractivity contribution in [2.45, 2.75) is 11.4 Å². The largest absolute Gasteiger partial charge is 0.364 e. The predicted molar refractivity (Wildman–Crippen MR) is 71.1 cm³/mol. The van der Waals surface area contributed by atoms with Gasteiger partial charge in [-0.25, -0.2) is 17.8 Å².